The predicted octanol–water partition coefficient (Wildman–Crippen LogP) is 2.56. The summed E-state index contributed by atoms with van der Waals surface area (Å²) in [6.07, 6.45) is 8.05. The van der Waals surface area contributed by atoms with Gasteiger partial charge in [0, 0.05) is 25.2 Å². The molecular formula is C24H33N3O4S. The predicted molar refractivity (Wildman–Crippen MR) is 125 cm³/mol. The van der Waals surface area contributed by atoms with Gasteiger partial charge in [0.05, 0.1) is 24.3 Å². The van der Waals surface area contributed by atoms with E-state index in [-0.39, 0.29) is 23.3 Å². The molecule has 4 rings (SSSR count). The fraction of sp³-hybridized carbons (Fsp3) is 0.625. The molecule has 2 fully saturated rings. The van der Waals surface area contributed by atoms with Crippen molar-refractivity contribution in [1.29, 1.82) is 0 Å². The molecule has 0 bridgehead atoms. The zero-order chi connectivity index (χ0) is 22.6. The van der Waals surface area contributed by atoms with Gasteiger partial charge in [0.25, 0.3) is 11.8 Å². The van der Waals surface area contributed by atoms with Crippen molar-refractivity contribution < 1.29 is 19.1 Å². The van der Waals surface area contributed by atoms with Gasteiger partial charge in [-0.05, 0) is 43.4 Å². The van der Waals surface area contributed by atoms with E-state index >= 15 is 0 Å². The number of fused-ring (bicyclic) bond motifs is 1. The lowest BCUT2D eigenvalue weighted by atomic mass is 9.79. The summed E-state index contributed by atoms with van der Waals surface area (Å²) in [4.78, 5) is 43.2. The molecule has 3 amide bonds. The molecule has 1 saturated heterocycles. The van der Waals surface area contributed by atoms with E-state index in [9.17, 15) is 14.4 Å². The van der Waals surface area contributed by atoms with Crippen LogP contribution in [0, 0.1) is 0 Å². The van der Waals surface area contributed by atoms with E-state index < -0.39 is 6.04 Å². The van der Waals surface area contributed by atoms with Crippen LogP contribution in [0.25, 0.3) is 0 Å². The van der Waals surface area contributed by atoms with Crippen LogP contribution in [-0.2, 0) is 9.53 Å². The van der Waals surface area contributed by atoms with Crippen LogP contribution in [0.3, 0.4) is 0 Å². The normalized spacial score (nSPS) is 22.0. The molecule has 1 aromatic carbocycles. The molecule has 32 heavy (non-hydrogen) atoms. The number of hydrogen-bond donors (Lipinski definition) is 1. The van der Waals surface area contributed by atoms with Crippen molar-refractivity contribution in [2.75, 3.05) is 44.9 Å². The van der Waals surface area contributed by atoms with E-state index in [1.54, 1.807) is 36.0 Å². The Morgan fingerprint density at radius 1 is 1.09 bits per heavy atom. The second-order valence-electron chi connectivity index (χ2n) is 8.93. The molecule has 8 heteroatoms. The molecule has 1 aliphatic carbocycles. The first kappa shape index (κ1) is 23.3. The zero-order valence-electron chi connectivity index (χ0n) is 18.8. The van der Waals surface area contributed by atoms with Crippen molar-refractivity contribution in [1.82, 2.24) is 15.1 Å². The Hall–Kier alpha value is -1.90. The van der Waals surface area contributed by atoms with Crippen LogP contribution < -0.4 is 5.32 Å². The molecule has 174 valence electrons. The first-order valence-electron chi connectivity index (χ1n) is 11.6. The number of morpholine rings is 1. The smallest absolute Gasteiger partial charge is 0.262 e. The monoisotopic (exact) mass is 459 g/mol. The van der Waals surface area contributed by atoms with Crippen molar-refractivity contribution in [3.63, 3.8) is 0 Å². The highest BCUT2D eigenvalue weighted by molar-refractivity contribution is 7.98. The molecule has 7 nitrogen and oxygen atoms in total. The highest BCUT2D eigenvalue weighted by Crippen LogP contribution is 2.34. The largest absolute Gasteiger partial charge is 0.379 e. The Labute approximate surface area is 194 Å². The van der Waals surface area contributed by atoms with Gasteiger partial charge in [-0.2, -0.15) is 11.8 Å². The molecule has 1 unspecified atom stereocenters. The third-order valence-electron chi connectivity index (χ3n) is 7.09. The van der Waals surface area contributed by atoms with Gasteiger partial charge in [-0.15, -0.1) is 0 Å². The van der Waals surface area contributed by atoms with Gasteiger partial charge in [0.1, 0.15) is 6.04 Å². The molecule has 1 aromatic rings. The zero-order valence-corrected chi connectivity index (χ0v) is 19.6. The highest BCUT2D eigenvalue weighted by atomic mass is 32.2. The minimum Gasteiger partial charge on any atom is -0.379 e. The minimum atomic E-state index is -0.792. The summed E-state index contributed by atoms with van der Waals surface area (Å²) in [6.45, 7) is 3.75. The number of nitrogens with one attached hydrogen (secondary N) is 1. The number of rotatable bonds is 8. The highest BCUT2D eigenvalue weighted by Gasteiger charge is 2.44. The average Bonchev–Trinajstić information content (AvgIpc) is 3.09. The number of amides is 3. The third-order valence-corrected chi connectivity index (χ3v) is 7.74. The third kappa shape index (κ3) is 4.58. The van der Waals surface area contributed by atoms with E-state index in [0.29, 0.717) is 29.8 Å². The van der Waals surface area contributed by atoms with Crippen molar-refractivity contribution in [2.45, 2.75) is 50.1 Å². The van der Waals surface area contributed by atoms with Gasteiger partial charge in [0.15, 0.2) is 0 Å². The van der Waals surface area contributed by atoms with Crippen LogP contribution in [0.2, 0.25) is 0 Å². The van der Waals surface area contributed by atoms with Gasteiger partial charge < -0.3 is 10.1 Å². The number of nitrogens with zero attached hydrogens (tertiary/aromatic N) is 2. The maximum atomic E-state index is 13.4. The van der Waals surface area contributed by atoms with Gasteiger partial charge in [0.2, 0.25) is 5.91 Å². The molecule has 2 heterocycles. The van der Waals surface area contributed by atoms with Crippen LogP contribution in [0.15, 0.2) is 24.3 Å². The number of carbonyl (C=O) groups is 3. The molecule has 2 aliphatic heterocycles. The van der Waals surface area contributed by atoms with E-state index in [1.807, 2.05) is 6.26 Å². The lowest BCUT2D eigenvalue weighted by molar-refractivity contribution is -0.126. The first-order chi connectivity index (χ1) is 15.6. The van der Waals surface area contributed by atoms with Crippen molar-refractivity contribution in [3.05, 3.63) is 35.4 Å². The number of hydrogen-bond acceptors (Lipinski definition) is 6. The Morgan fingerprint density at radius 3 is 2.31 bits per heavy atom. The summed E-state index contributed by atoms with van der Waals surface area (Å²) >= 11 is 1.61. The van der Waals surface area contributed by atoms with E-state index in [0.717, 1.165) is 52.0 Å². The Kier molecular flexibility index (Phi) is 7.53. The average molecular weight is 460 g/mol. The lowest BCUT2D eigenvalue weighted by Gasteiger charge is -2.48. The summed E-state index contributed by atoms with van der Waals surface area (Å²) in [7, 11) is 0. The van der Waals surface area contributed by atoms with Crippen molar-refractivity contribution >= 4 is 29.5 Å². The molecule has 1 saturated carbocycles. The quantitative estimate of drug-likeness (QED) is 0.602. The molecule has 0 aromatic heterocycles. The van der Waals surface area contributed by atoms with Crippen LogP contribution in [0.5, 0.6) is 0 Å². The summed E-state index contributed by atoms with van der Waals surface area (Å²) < 4.78 is 5.55. The minimum absolute atomic E-state index is 0.0657. The molecule has 1 N–H and O–H groups in total. The summed E-state index contributed by atoms with van der Waals surface area (Å²) in [5.41, 5.74) is 0.706. The number of benzene rings is 1. The fourth-order valence-electron chi connectivity index (χ4n) is 5.32. The van der Waals surface area contributed by atoms with E-state index in [4.69, 9.17) is 4.74 Å². The Morgan fingerprint density at radius 2 is 1.72 bits per heavy atom. The topological polar surface area (TPSA) is 79.0 Å². The van der Waals surface area contributed by atoms with Gasteiger partial charge in [-0.1, -0.05) is 31.4 Å². The maximum absolute atomic E-state index is 13.4. The van der Waals surface area contributed by atoms with E-state index in [1.165, 1.54) is 11.3 Å². The van der Waals surface area contributed by atoms with E-state index in [2.05, 4.69) is 10.2 Å². The number of imide groups is 1. The summed E-state index contributed by atoms with van der Waals surface area (Å²) in [6, 6.07) is 6.03. The van der Waals surface area contributed by atoms with Gasteiger partial charge in [-0.3, -0.25) is 24.2 Å². The van der Waals surface area contributed by atoms with Crippen LogP contribution in [-0.4, -0.2) is 84.0 Å². The Balaban J connectivity index is 1.51. The molecule has 0 spiro atoms. The summed E-state index contributed by atoms with van der Waals surface area (Å²) in [5.74, 6) is -0.272. The Bertz CT molecular complexity index is 814. The van der Waals surface area contributed by atoms with Gasteiger partial charge in [-0.25, -0.2) is 0 Å². The first-order valence-corrected chi connectivity index (χ1v) is 13.0. The maximum Gasteiger partial charge on any atom is 0.262 e. The van der Waals surface area contributed by atoms with Crippen molar-refractivity contribution in [3.8, 4) is 0 Å². The lowest BCUT2D eigenvalue weighted by Crippen LogP contribution is -2.61. The molecular weight excluding hydrogens is 426 g/mol. The van der Waals surface area contributed by atoms with Crippen LogP contribution in [0.4, 0.5) is 0 Å². The number of carbonyl (C=O) groups excluding carboxylic acids is 3. The number of thioether (sulfide) groups is 1. The van der Waals surface area contributed by atoms with Gasteiger partial charge >= 0.3 is 0 Å². The molecule has 0 radical (unpaired) electrons. The molecule has 1 atom stereocenters. The van der Waals surface area contributed by atoms with Crippen LogP contribution in [0.1, 0.15) is 59.2 Å². The second kappa shape index (κ2) is 10.4. The van der Waals surface area contributed by atoms with Crippen molar-refractivity contribution in [2.24, 2.45) is 0 Å². The standard InChI is InChI=1S/C24H33N3O4S/c1-32-16-9-20(27-22(29)18-7-3-4-8-19(18)23(27)30)21(28)25-17-24(10-5-2-6-11-24)26-12-14-31-15-13-26/h3-4,7-8,20H,2,5-6,9-17H2,1H3,(H,25,28). The summed E-state index contributed by atoms with van der Waals surface area (Å²) in [5, 5.41) is 3.17. The SMILES string of the molecule is CSCCC(C(=O)NCC1(N2CCOCC2)CCCCC1)N1C(=O)c2ccccc2C1=O. The second-order valence-corrected chi connectivity index (χ2v) is 9.91. The fourth-order valence-corrected chi connectivity index (χ4v) is 5.78. The van der Waals surface area contributed by atoms with Crippen LogP contribution >= 0.6 is 11.8 Å². The molecule has 3 aliphatic rings. The number of ether oxygens (including phenoxy) is 1.